The molecule has 0 nitrogen and oxygen atoms in total. The molecular weight excluding hydrogens is 187 g/mol. The Balaban J connectivity index is 2.42. The van der Waals surface area contributed by atoms with Gasteiger partial charge in [0.05, 0.1) is 0 Å². The van der Waals surface area contributed by atoms with Gasteiger partial charge in [0, 0.05) is 0 Å². The molecule has 1 heteroatoms. The quantitative estimate of drug-likeness (QED) is 0.519. The van der Waals surface area contributed by atoms with E-state index < -0.39 is 0 Å². The summed E-state index contributed by atoms with van der Waals surface area (Å²) in [7, 11) is 0. The first-order chi connectivity index (χ1) is 4.97. The fraction of sp³-hybridized carbons (Fsp3) is 0.111. The summed E-state index contributed by atoms with van der Waals surface area (Å²) in [6, 6.07) is 0. The number of rotatable bonds is 0. The van der Waals surface area contributed by atoms with Crippen molar-refractivity contribution in [3.8, 4) is 0 Å². The van der Waals surface area contributed by atoms with Gasteiger partial charge in [-0.05, 0) is 0 Å². The van der Waals surface area contributed by atoms with E-state index in [1.807, 2.05) is 0 Å². The van der Waals surface area contributed by atoms with Crippen LogP contribution in [0, 0.1) is 0 Å². The van der Waals surface area contributed by atoms with Crippen LogP contribution < -0.4 is 0 Å². The monoisotopic (exact) mass is 196 g/mol. The van der Waals surface area contributed by atoms with Gasteiger partial charge in [-0.25, -0.2) is 0 Å². The second kappa shape index (κ2) is 2.61. The van der Waals surface area contributed by atoms with Crippen LogP contribution >= 0.6 is 0 Å². The van der Waals surface area contributed by atoms with E-state index in [0.29, 0.717) is 15.0 Å². The molecule has 0 bridgehead atoms. The van der Waals surface area contributed by atoms with Crippen molar-refractivity contribution in [3.05, 3.63) is 46.5 Å². The summed E-state index contributed by atoms with van der Waals surface area (Å²) < 4.78 is 1.55. The molecule has 1 aliphatic heterocycles. The summed E-state index contributed by atoms with van der Waals surface area (Å²) in [6.45, 7) is 0. The minimum atomic E-state index is 0.717. The maximum atomic E-state index is 2.33. The molecule has 0 radical (unpaired) electrons. The summed E-state index contributed by atoms with van der Waals surface area (Å²) in [4.78, 5) is 0. The Labute approximate surface area is 67.2 Å². The van der Waals surface area contributed by atoms with Crippen molar-refractivity contribution in [1.82, 2.24) is 0 Å². The molecule has 0 amide bonds. The molecule has 2 aliphatic rings. The molecule has 0 atom stereocenters. The first kappa shape index (κ1) is 6.21. The van der Waals surface area contributed by atoms with Gasteiger partial charge in [-0.3, -0.25) is 0 Å². The summed E-state index contributed by atoms with van der Waals surface area (Å²) in [5.41, 5.74) is 1.45. The first-order valence-electron chi connectivity index (χ1n) is 3.35. The SMILES string of the molecule is C1=CC=C2[Se]CC=C2C=C1. The Morgan fingerprint density at radius 3 is 3.20 bits per heavy atom. The molecule has 1 heterocycles. The fourth-order valence-corrected chi connectivity index (χ4v) is 3.03. The third-order valence-electron chi connectivity index (χ3n) is 1.57. The zero-order valence-electron chi connectivity index (χ0n) is 5.58. The average molecular weight is 195 g/mol. The number of hydrogen-bond donors (Lipinski definition) is 0. The number of fused-ring (bicyclic) bond motifs is 1. The predicted octanol–water partition coefficient (Wildman–Crippen LogP) is 2.06. The van der Waals surface area contributed by atoms with Crippen LogP contribution in [0.5, 0.6) is 0 Å². The molecular formula is C9H8Se. The Morgan fingerprint density at radius 2 is 2.20 bits per heavy atom. The topological polar surface area (TPSA) is 0 Å². The van der Waals surface area contributed by atoms with Crippen molar-refractivity contribution in [2.45, 2.75) is 5.32 Å². The van der Waals surface area contributed by atoms with Gasteiger partial charge in [-0.1, -0.05) is 0 Å². The van der Waals surface area contributed by atoms with E-state index >= 15 is 0 Å². The molecule has 2 rings (SSSR count). The maximum absolute atomic E-state index is 2.33. The standard InChI is InChI=1S/C9H8Se/c1-2-4-8-6-7-10-9(8)5-3-1/h1-6H,7H2. The molecule has 50 valence electrons. The third-order valence-corrected chi connectivity index (χ3v) is 3.70. The van der Waals surface area contributed by atoms with E-state index in [0.717, 1.165) is 0 Å². The zero-order chi connectivity index (χ0) is 6.81. The third kappa shape index (κ3) is 1.03. The molecule has 0 aromatic carbocycles. The molecule has 0 N–H and O–H groups in total. The van der Waals surface area contributed by atoms with Crippen molar-refractivity contribution in [1.29, 1.82) is 0 Å². The molecule has 0 aromatic rings. The second-order valence-electron chi connectivity index (χ2n) is 2.25. The van der Waals surface area contributed by atoms with E-state index in [9.17, 15) is 0 Å². The second-order valence-corrected chi connectivity index (χ2v) is 4.47. The van der Waals surface area contributed by atoms with Crippen LogP contribution in [0.1, 0.15) is 0 Å². The van der Waals surface area contributed by atoms with Gasteiger partial charge in [0.2, 0.25) is 0 Å². The van der Waals surface area contributed by atoms with Crippen molar-refractivity contribution in [2.75, 3.05) is 0 Å². The Bertz CT molecular complexity index is 254. The van der Waals surface area contributed by atoms with E-state index in [2.05, 4.69) is 36.5 Å². The molecule has 0 fully saturated rings. The van der Waals surface area contributed by atoms with Crippen LogP contribution in [-0.2, 0) is 0 Å². The van der Waals surface area contributed by atoms with Gasteiger partial charge in [0.15, 0.2) is 0 Å². The van der Waals surface area contributed by atoms with Crippen LogP contribution in [0.25, 0.3) is 0 Å². The summed E-state index contributed by atoms with van der Waals surface area (Å²) in [5.74, 6) is 0. The molecule has 0 saturated carbocycles. The summed E-state index contributed by atoms with van der Waals surface area (Å²) >= 11 is 0.717. The van der Waals surface area contributed by atoms with Gasteiger partial charge in [0.1, 0.15) is 0 Å². The van der Waals surface area contributed by atoms with Crippen LogP contribution in [-0.4, -0.2) is 15.0 Å². The van der Waals surface area contributed by atoms with Crippen LogP contribution in [0.15, 0.2) is 46.5 Å². The van der Waals surface area contributed by atoms with E-state index in [-0.39, 0.29) is 0 Å². The molecule has 0 saturated heterocycles. The molecule has 0 unspecified atom stereocenters. The normalized spacial score (nSPS) is 21.6. The molecule has 1 aliphatic carbocycles. The average Bonchev–Trinajstić information content (AvgIpc) is 2.28. The van der Waals surface area contributed by atoms with Crippen molar-refractivity contribution >= 4 is 15.0 Å². The van der Waals surface area contributed by atoms with Gasteiger partial charge in [0.25, 0.3) is 0 Å². The van der Waals surface area contributed by atoms with Crippen LogP contribution in [0.2, 0.25) is 5.32 Å². The number of allylic oxidation sites excluding steroid dienone is 8. The predicted molar refractivity (Wildman–Crippen MR) is 45.0 cm³/mol. The zero-order valence-corrected chi connectivity index (χ0v) is 7.29. The minimum absolute atomic E-state index is 0.717. The first-order valence-corrected chi connectivity index (χ1v) is 5.42. The molecule has 0 spiro atoms. The summed E-state index contributed by atoms with van der Waals surface area (Å²) in [5, 5.41) is 1.28. The van der Waals surface area contributed by atoms with E-state index in [4.69, 9.17) is 0 Å². The van der Waals surface area contributed by atoms with Crippen molar-refractivity contribution < 1.29 is 0 Å². The van der Waals surface area contributed by atoms with Gasteiger partial charge >= 0.3 is 66.8 Å². The Kier molecular flexibility index (Phi) is 1.62. The van der Waals surface area contributed by atoms with Crippen molar-refractivity contribution in [3.63, 3.8) is 0 Å². The fourth-order valence-electron chi connectivity index (χ4n) is 1.07. The number of hydrogen-bond acceptors (Lipinski definition) is 0. The van der Waals surface area contributed by atoms with Crippen LogP contribution in [0.3, 0.4) is 0 Å². The van der Waals surface area contributed by atoms with E-state index in [1.54, 1.807) is 4.47 Å². The van der Waals surface area contributed by atoms with Crippen LogP contribution in [0.4, 0.5) is 0 Å². The Morgan fingerprint density at radius 1 is 1.20 bits per heavy atom. The van der Waals surface area contributed by atoms with Crippen molar-refractivity contribution in [2.24, 2.45) is 0 Å². The molecule has 0 aromatic heterocycles. The molecule has 10 heavy (non-hydrogen) atoms. The van der Waals surface area contributed by atoms with Gasteiger partial charge < -0.3 is 0 Å². The Hall–Kier alpha value is -0.521. The van der Waals surface area contributed by atoms with Gasteiger partial charge in [-0.15, -0.1) is 0 Å². The van der Waals surface area contributed by atoms with E-state index in [1.165, 1.54) is 10.9 Å². The van der Waals surface area contributed by atoms with Gasteiger partial charge in [-0.2, -0.15) is 0 Å². The summed E-state index contributed by atoms with van der Waals surface area (Å²) in [6.07, 6.45) is 13.1.